The van der Waals surface area contributed by atoms with Crippen molar-refractivity contribution in [3.8, 4) is 17.6 Å². The molecule has 0 unspecified atom stereocenters. The summed E-state index contributed by atoms with van der Waals surface area (Å²) in [7, 11) is 0. The number of ether oxygens (including phenoxy) is 2. The van der Waals surface area contributed by atoms with Crippen LogP contribution in [-0.2, 0) is 0 Å². The molecule has 0 aromatic heterocycles. The van der Waals surface area contributed by atoms with Crippen molar-refractivity contribution >= 4 is 5.69 Å². The smallest absolute Gasteiger partial charge is 0.230 e. The Morgan fingerprint density at radius 2 is 1.47 bits per heavy atom. The van der Waals surface area contributed by atoms with Gasteiger partial charge in [-0.3, -0.25) is 0 Å². The fourth-order valence-electron chi connectivity index (χ4n) is 1.41. The van der Waals surface area contributed by atoms with Crippen molar-refractivity contribution in [3.63, 3.8) is 0 Å². The maximum atomic E-state index is 8.66. The van der Waals surface area contributed by atoms with E-state index in [1.807, 2.05) is 6.07 Å². The van der Waals surface area contributed by atoms with Crippen LogP contribution in [0.15, 0.2) is 48.5 Å². The monoisotopic (exact) mass is 250 g/mol. The lowest BCUT2D eigenvalue weighted by Gasteiger charge is -2.08. The lowest BCUT2D eigenvalue weighted by Crippen LogP contribution is -2.05. The maximum absolute atomic E-state index is 8.66. The Balaban J connectivity index is 1.85. The Labute approximate surface area is 111 Å². The van der Waals surface area contributed by atoms with Crippen LogP contribution in [0.25, 0.3) is 4.85 Å². The summed E-state index contributed by atoms with van der Waals surface area (Å²) in [5, 5.41) is 8.66. The molecule has 0 radical (unpaired) electrons. The van der Waals surface area contributed by atoms with E-state index in [9.17, 15) is 0 Å². The summed E-state index contributed by atoms with van der Waals surface area (Å²) in [6.45, 7) is 6.91. The van der Waals surface area contributed by atoms with Gasteiger partial charge >= 0.3 is 0 Å². The summed E-state index contributed by atoms with van der Waals surface area (Å²) in [4.78, 5) is 3.29. The van der Waals surface area contributed by atoms with Crippen LogP contribution in [0.5, 0.6) is 11.5 Å². The van der Waals surface area contributed by atoms with E-state index in [0.29, 0.717) is 22.7 Å². The van der Waals surface area contributed by atoms with E-state index < -0.39 is 0 Å². The van der Waals surface area contributed by atoms with Crippen molar-refractivity contribution in [2.45, 2.75) is 0 Å². The highest BCUT2D eigenvalue weighted by Crippen LogP contribution is 2.18. The number of nitriles is 1. The summed E-state index contributed by atoms with van der Waals surface area (Å²) >= 11 is 0. The topological polar surface area (TPSA) is 46.6 Å². The van der Waals surface area contributed by atoms with Gasteiger partial charge in [0.25, 0.3) is 0 Å². The Bertz CT molecular complexity index is 562. The summed E-state index contributed by atoms with van der Waals surface area (Å²) in [6, 6.07) is 15.6. The van der Waals surface area contributed by atoms with E-state index in [1.165, 1.54) is 0 Å². The number of nitrogens with zero attached hydrogens (tertiary/aromatic N) is 2. The molecule has 0 amide bonds. The molecule has 0 fully saturated rings. The van der Waals surface area contributed by atoms with Gasteiger partial charge in [-0.2, -0.15) is 5.26 Å². The number of hydrogen-bond donors (Lipinski definition) is 0. The SMILES string of the molecule is [C-]#[N+]c1ccc(OCOc2ccc(C#N)cc2)cc1. The molecule has 0 saturated heterocycles. The van der Waals surface area contributed by atoms with Crippen molar-refractivity contribution in [2.24, 2.45) is 0 Å². The van der Waals surface area contributed by atoms with E-state index in [1.54, 1.807) is 48.5 Å². The molecular formula is C15H10N2O2. The zero-order valence-electron chi connectivity index (χ0n) is 10.0. The summed E-state index contributed by atoms with van der Waals surface area (Å²) in [6.07, 6.45) is 0. The van der Waals surface area contributed by atoms with Gasteiger partial charge in [0.2, 0.25) is 6.79 Å². The average Bonchev–Trinajstić information content (AvgIpc) is 2.49. The molecule has 4 nitrogen and oxygen atoms in total. The molecule has 0 atom stereocenters. The normalized spacial score (nSPS) is 9.16. The second kappa shape index (κ2) is 6.09. The van der Waals surface area contributed by atoms with Crippen molar-refractivity contribution in [2.75, 3.05) is 6.79 Å². The van der Waals surface area contributed by atoms with E-state index in [2.05, 4.69) is 4.85 Å². The number of hydrogen-bond acceptors (Lipinski definition) is 3. The van der Waals surface area contributed by atoms with Crippen molar-refractivity contribution in [1.29, 1.82) is 5.26 Å². The van der Waals surface area contributed by atoms with Gasteiger partial charge in [-0.15, -0.1) is 0 Å². The van der Waals surface area contributed by atoms with Gasteiger partial charge in [-0.1, -0.05) is 12.1 Å². The quantitative estimate of drug-likeness (QED) is 0.616. The molecule has 0 heterocycles. The number of rotatable bonds is 4. The lowest BCUT2D eigenvalue weighted by molar-refractivity contribution is 0.120. The summed E-state index contributed by atoms with van der Waals surface area (Å²) in [5.41, 5.74) is 1.16. The molecule has 0 bridgehead atoms. The molecule has 2 aromatic rings. The highest BCUT2D eigenvalue weighted by atomic mass is 16.7. The third-order valence-corrected chi connectivity index (χ3v) is 2.40. The Morgan fingerprint density at radius 1 is 0.947 bits per heavy atom. The van der Waals surface area contributed by atoms with Crippen LogP contribution in [0.4, 0.5) is 5.69 Å². The van der Waals surface area contributed by atoms with Crippen LogP contribution in [0.3, 0.4) is 0 Å². The first-order chi connectivity index (χ1) is 9.31. The second-order valence-electron chi connectivity index (χ2n) is 3.65. The van der Waals surface area contributed by atoms with Gasteiger partial charge in [0.05, 0.1) is 18.2 Å². The molecule has 0 aliphatic carbocycles. The van der Waals surface area contributed by atoms with Gasteiger partial charge in [0.1, 0.15) is 11.5 Å². The van der Waals surface area contributed by atoms with Crippen LogP contribution in [0, 0.1) is 17.9 Å². The van der Waals surface area contributed by atoms with Crippen molar-refractivity contribution in [1.82, 2.24) is 0 Å². The molecule has 0 saturated carbocycles. The fraction of sp³-hybridized carbons (Fsp3) is 0.0667. The van der Waals surface area contributed by atoms with E-state index in [4.69, 9.17) is 21.3 Å². The molecule has 2 aromatic carbocycles. The molecule has 92 valence electrons. The predicted octanol–water partition coefficient (Wildman–Crippen LogP) is 3.52. The standard InChI is InChI=1S/C15H10N2O2/c1-17-13-4-8-15(9-5-13)19-11-18-14-6-2-12(10-16)3-7-14/h2-9H,11H2. The Kier molecular flexibility index (Phi) is 4.00. The molecule has 19 heavy (non-hydrogen) atoms. The van der Waals surface area contributed by atoms with E-state index in [-0.39, 0.29) is 6.79 Å². The zero-order valence-corrected chi connectivity index (χ0v) is 10.0. The van der Waals surface area contributed by atoms with Crippen LogP contribution < -0.4 is 9.47 Å². The van der Waals surface area contributed by atoms with Crippen molar-refractivity contribution < 1.29 is 9.47 Å². The predicted molar refractivity (Wildman–Crippen MR) is 70.0 cm³/mol. The van der Waals surface area contributed by atoms with Crippen LogP contribution in [0.2, 0.25) is 0 Å². The third-order valence-electron chi connectivity index (χ3n) is 2.40. The minimum atomic E-state index is 0.0727. The summed E-state index contributed by atoms with van der Waals surface area (Å²) < 4.78 is 10.7. The first-order valence-electron chi connectivity index (χ1n) is 5.55. The molecule has 2 rings (SSSR count). The molecule has 4 heteroatoms. The number of benzene rings is 2. The first-order valence-corrected chi connectivity index (χ1v) is 5.55. The third kappa shape index (κ3) is 3.49. The first kappa shape index (κ1) is 12.5. The highest BCUT2D eigenvalue weighted by molar-refractivity contribution is 5.46. The van der Waals surface area contributed by atoms with Gasteiger partial charge in [-0.25, -0.2) is 4.85 Å². The zero-order chi connectivity index (χ0) is 13.5. The largest absolute Gasteiger partial charge is 0.458 e. The average molecular weight is 250 g/mol. The van der Waals surface area contributed by atoms with Gasteiger partial charge < -0.3 is 9.47 Å². The highest BCUT2D eigenvalue weighted by Gasteiger charge is 1.97. The van der Waals surface area contributed by atoms with Gasteiger partial charge in [0.15, 0.2) is 5.69 Å². The molecule has 0 aliphatic rings. The van der Waals surface area contributed by atoms with Crippen LogP contribution in [0.1, 0.15) is 5.56 Å². The van der Waals surface area contributed by atoms with E-state index in [0.717, 1.165) is 0 Å². The molecule has 0 aliphatic heterocycles. The molecule has 0 N–H and O–H groups in total. The van der Waals surface area contributed by atoms with E-state index >= 15 is 0 Å². The molecular weight excluding hydrogens is 240 g/mol. The summed E-state index contributed by atoms with van der Waals surface area (Å²) in [5.74, 6) is 1.28. The van der Waals surface area contributed by atoms with Crippen LogP contribution in [-0.4, -0.2) is 6.79 Å². The fourth-order valence-corrected chi connectivity index (χ4v) is 1.41. The van der Waals surface area contributed by atoms with Gasteiger partial charge in [-0.05, 0) is 36.4 Å². The Morgan fingerprint density at radius 3 is 1.95 bits per heavy atom. The van der Waals surface area contributed by atoms with Crippen LogP contribution >= 0.6 is 0 Å². The Hall–Kier alpha value is -2.98. The lowest BCUT2D eigenvalue weighted by atomic mass is 10.2. The minimum Gasteiger partial charge on any atom is -0.458 e. The minimum absolute atomic E-state index is 0.0727. The van der Waals surface area contributed by atoms with Crippen molar-refractivity contribution in [3.05, 3.63) is 65.5 Å². The van der Waals surface area contributed by atoms with Gasteiger partial charge in [0, 0.05) is 0 Å². The second-order valence-corrected chi connectivity index (χ2v) is 3.65. The molecule has 0 spiro atoms. The maximum Gasteiger partial charge on any atom is 0.230 e.